The summed E-state index contributed by atoms with van der Waals surface area (Å²) >= 11 is 0. The van der Waals surface area contributed by atoms with Crippen LogP contribution in [0.1, 0.15) is 10.4 Å². The summed E-state index contributed by atoms with van der Waals surface area (Å²) in [5.41, 5.74) is -0.220. The number of carbonyl (C=O) groups excluding carboxylic acids is 2. The maximum Gasteiger partial charge on any atom is 0.318 e. The van der Waals surface area contributed by atoms with Gasteiger partial charge in [-0.1, -0.05) is 0 Å². The van der Waals surface area contributed by atoms with Crippen LogP contribution in [0, 0.1) is 0 Å². The minimum Gasteiger partial charge on any atom is -0.328 e. The van der Waals surface area contributed by atoms with Crippen LogP contribution in [-0.4, -0.2) is 35.9 Å². The fourth-order valence-corrected chi connectivity index (χ4v) is 0.901. The van der Waals surface area contributed by atoms with Gasteiger partial charge in [0.1, 0.15) is 0 Å². The lowest BCUT2D eigenvalue weighted by Crippen LogP contribution is -2.32. The Morgan fingerprint density at radius 2 is 2.07 bits per heavy atom. The predicted molar refractivity (Wildman–Crippen MR) is 51.2 cm³/mol. The highest BCUT2D eigenvalue weighted by molar-refractivity contribution is 6.42. The number of Topliss-reactive ketones (excluding diaryl/α,β-unsaturated/α-hetero) is 1. The maximum absolute atomic E-state index is 11.5. The third kappa shape index (κ3) is 2.50. The number of aromatic amines is 1. The van der Waals surface area contributed by atoms with E-state index in [9.17, 15) is 14.4 Å². The van der Waals surface area contributed by atoms with Crippen molar-refractivity contribution in [2.24, 2.45) is 0 Å². The molecule has 15 heavy (non-hydrogen) atoms. The van der Waals surface area contributed by atoms with E-state index >= 15 is 0 Å². The van der Waals surface area contributed by atoms with E-state index < -0.39 is 11.7 Å². The molecule has 1 N–H and O–H groups in total. The molecule has 80 valence electrons. The molecule has 0 fully saturated rings. The van der Waals surface area contributed by atoms with Gasteiger partial charge in [-0.2, -0.15) is 0 Å². The molecule has 6 heteroatoms. The number of aromatic nitrogens is 1. The highest BCUT2D eigenvalue weighted by Gasteiger charge is 2.20. The van der Waals surface area contributed by atoms with Gasteiger partial charge >= 0.3 is 5.91 Å². The Labute approximate surface area is 85.4 Å². The summed E-state index contributed by atoms with van der Waals surface area (Å²) in [6.07, 6.45) is 1.19. The highest BCUT2D eigenvalue weighted by Crippen LogP contribution is 1.99. The second-order valence-corrected chi connectivity index (χ2v) is 2.76. The molecule has 6 nitrogen and oxygen atoms in total. The van der Waals surface area contributed by atoms with Crippen molar-refractivity contribution in [2.45, 2.75) is 0 Å². The van der Waals surface area contributed by atoms with E-state index in [1.54, 1.807) is 0 Å². The number of H-pyrrole nitrogens is 1. The molecule has 0 aliphatic carbocycles. The van der Waals surface area contributed by atoms with E-state index in [1.807, 2.05) is 0 Å². The van der Waals surface area contributed by atoms with Crippen LogP contribution in [0.5, 0.6) is 0 Å². The summed E-state index contributed by atoms with van der Waals surface area (Å²) in [7, 11) is 2.60. The third-order valence-electron chi connectivity index (χ3n) is 1.80. The molecule has 0 atom stereocenters. The fraction of sp³-hybridized carbons (Fsp3) is 0.222. The zero-order chi connectivity index (χ0) is 11.4. The molecule has 1 amide bonds. The number of ketones is 1. The number of likely N-dealkylation sites (N-methyl/N-ethyl adjacent to an activating group) is 1. The summed E-state index contributed by atoms with van der Waals surface area (Å²) in [6.45, 7) is 0. The lowest BCUT2D eigenvalue weighted by atomic mass is 10.2. The number of nitrogens with one attached hydrogen (secondary N) is 1. The molecule has 1 heterocycles. The molecule has 0 aromatic carbocycles. The highest BCUT2D eigenvalue weighted by atomic mass is 16.7. The molecule has 1 rings (SSSR count). The van der Waals surface area contributed by atoms with E-state index in [0.29, 0.717) is 0 Å². The van der Waals surface area contributed by atoms with Gasteiger partial charge in [-0.3, -0.25) is 19.2 Å². The van der Waals surface area contributed by atoms with Gasteiger partial charge < -0.3 is 4.98 Å². The first kappa shape index (κ1) is 11.1. The van der Waals surface area contributed by atoms with Gasteiger partial charge in [0.15, 0.2) is 0 Å². The predicted octanol–water partition coefficient (Wildman–Crippen LogP) is -0.423. The minimum atomic E-state index is -0.801. The Balaban J connectivity index is 2.90. The van der Waals surface area contributed by atoms with Crippen LogP contribution in [-0.2, 0) is 9.63 Å². The Morgan fingerprint density at radius 1 is 1.40 bits per heavy atom. The number of carbonyl (C=O) groups is 2. The van der Waals surface area contributed by atoms with Gasteiger partial charge in [0, 0.05) is 24.9 Å². The van der Waals surface area contributed by atoms with Crippen molar-refractivity contribution < 1.29 is 14.4 Å². The quantitative estimate of drug-likeness (QED) is 0.417. The Morgan fingerprint density at radius 3 is 2.53 bits per heavy atom. The standard InChI is InChI=1S/C9H10N2O4/c1-11(15-2)9(14)8(13)6-3-4-7(12)10-5-6/h3-5H,1-2H3,(H,10,12). The smallest absolute Gasteiger partial charge is 0.318 e. The summed E-state index contributed by atoms with van der Waals surface area (Å²) in [5.74, 6) is -1.54. The number of pyridine rings is 1. The van der Waals surface area contributed by atoms with Gasteiger partial charge in [-0.25, -0.2) is 5.06 Å². The largest absolute Gasteiger partial charge is 0.328 e. The lowest BCUT2D eigenvalue weighted by molar-refractivity contribution is -0.162. The number of nitrogens with zero attached hydrogens (tertiary/aromatic N) is 1. The van der Waals surface area contributed by atoms with Crippen molar-refractivity contribution in [1.29, 1.82) is 0 Å². The van der Waals surface area contributed by atoms with Gasteiger partial charge in [0.05, 0.1) is 7.11 Å². The van der Waals surface area contributed by atoms with Gasteiger partial charge in [-0.15, -0.1) is 0 Å². The summed E-state index contributed by atoms with van der Waals surface area (Å²) in [4.78, 5) is 40.4. The average Bonchev–Trinajstić information content (AvgIpc) is 2.27. The summed E-state index contributed by atoms with van der Waals surface area (Å²) in [6, 6.07) is 2.45. The molecule has 0 unspecified atom stereocenters. The van der Waals surface area contributed by atoms with E-state index in [-0.39, 0.29) is 11.1 Å². The Kier molecular flexibility index (Phi) is 3.35. The molecule has 0 saturated carbocycles. The second-order valence-electron chi connectivity index (χ2n) is 2.76. The average molecular weight is 210 g/mol. The molecular weight excluding hydrogens is 200 g/mol. The normalized spacial score (nSPS) is 9.73. The van der Waals surface area contributed by atoms with Crippen molar-refractivity contribution >= 4 is 11.7 Å². The monoisotopic (exact) mass is 210 g/mol. The van der Waals surface area contributed by atoms with Gasteiger partial charge in [0.25, 0.3) is 5.78 Å². The molecule has 0 bridgehead atoms. The number of hydroxylamine groups is 2. The van der Waals surface area contributed by atoms with Crippen LogP contribution < -0.4 is 5.56 Å². The maximum atomic E-state index is 11.5. The Bertz CT molecular complexity index is 417. The first-order valence-corrected chi connectivity index (χ1v) is 4.11. The molecule has 0 aliphatic heterocycles. The zero-order valence-electron chi connectivity index (χ0n) is 8.31. The van der Waals surface area contributed by atoms with Crippen LogP contribution in [0.4, 0.5) is 0 Å². The number of rotatable bonds is 3. The third-order valence-corrected chi connectivity index (χ3v) is 1.80. The van der Waals surface area contributed by atoms with Crippen LogP contribution >= 0.6 is 0 Å². The Hall–Kier alpha value is -1.95. The van der Waals surface area contributed by atoms with Gasteiger partial charge in [0.2, 0.25) is 5.56 Å². The van der Waals surface area contributed by atoms with E-state index in [4.69, 9.17) is 0 Å². The molecule has 0 spiro atoms. The first-order chi connectivity index (χ1) is 7.06. The van der Waals surface area contributed by atoms with Crippen molar-refractivity contribution in [3.8, 4) is 0 Å². The van der Waals surface area contributed by atoms with E-state index in [2.05, 4.69) is 9.82 Å². The van der Waals surface area contributed by atoms with E-state index in [0.717, 1.165) is 5.06 Å². The van der Waals surface area contributed by atoms with Crippen molar-refractivity contribution in [3.05, 3.63) is 34.2 Å². The van der Waals surface area contributed by atoms with Crippen LogP contribution in [0.2, 0.25) is 0 Å². The molecule has 0 radical (unpaired) electrons. The molecule has 1 aromatic heterocycles. The summed E-state index contributed by atoms with van der Waals surface area (Å²) in [5, 5.41) is 0.813. The topological polar surface area (TPSA) is 79.5 Å². The number of hydrogen-bond acceptors (Lipinski definition) is 4. The molecule has 0 aliphatic rings. The van der Waals surface area contributed by atoms with Crippen LogP contribution in [0.25, 0.3) is 0 Å². The minimum absolute atomic E-state index is 0.114. The SMILES string of the molecule is CON(C)C(=O)C(=O)c1ccc(=O)[nH]c1. The van der Waals surface area contributed by atoms with E-state index in [1.165, 1.54) is 32.5 Å². The fourth-order valence-electron chi connectivity index (χ4n) is 0.901. The van der Waals surface area contributed by atoms with Crippen LogP contribution in [0.3, 0.4) is 0 Å². The first-order valence-electron chi connectivity index (χ1n) is 4.11. The molecular formula is C9H10N2O4. The molecule has 1 aromatic rings. The second kappa shape index (κ2) is 4.52. The lowest BCUT2D eigenvalue weighted by Gasteiger charge is -2.11. The van der Waals surface area contributed by atoms with Crippen molar-refractivity contribution in [3.63, 3.8) is 0 Å². The van der Waals surface area contributed by atoms with Crippen LogP contribution in [0.15, 0.2) is 23.1 Å². The number of hydrogen-bond donors (Lipinski definition) is 1. The molecule has 0 saturated heterocycles. The van der Waals surface area contributed by atoms with Gasteiger partial charge in [-0.05, 0) is 6.07 Å². The van der Waals surface area contributed by atoms with Crippen molar-refractivity contribution in [2.75, 3.05) is 14.2 Å². The van der Waals surface area contributed by atoms with Crippen molar-refractivity contribution in [1.82, 2.24) is 10.0 Å². The summed E-state index contributed by atoms with van der Waals surface area (Å²) < 4.78 is 0. The zero-order valence-corrected chi connectivity index (χ0v) is 8.31. The number of amides is 1.